The minimum atomic E-state index is -0.0544. The summed E-state index contributed by atoms with van der Waals surface area (Å²) in [6, 6.07) is 3.94. The molecule has 0 spiro atoms. The van der Waals surface area contributed by atoms with Gasteiger partial charge in [0.25, 0.3) is 0 Å². The summed E-state index contributed by atoms with van der Waals surface area (Å²) in [5.41, 5.74) is 6.03. The molecule has 4 nitrogen and oxygen atoms in total. The zero-order chi connectivity index (χ0) is 11.5. The van der Waals surface area contributed by atoms with Gasteiger partial charge in [0, 0.05) is 0 Å². The summed E-state index contributed by atoms with van der Waals surface area (Å²) in [4.78, 5) is 5.49. The van der Waals surface area contributed by atoms with Crippen molar-refractivity contribution in [1.82, 2.24) is 15.2 Å². The Morgan fingerprint density at radius 1 is 1.50 bits per heavy atom. The molecule has 86 valence electrons. The van der Waals surface area contributed by atoms with Gasteiger partial charge in [0.1, 0.15) is 5.82 Å². The Hall–Kier alpha value is -1.20. The van der Waals surface area contributed by atoms with Gasteiger partial charge in [-0.05, 0) is 23.8 Å². The molecule has 3 N–H and O–H groups in total. The first-order valence-electron chi connectivity index (χ1n) is 5.38. The Morgan fingerprint density at radius 3 is 2.94 bits per heavy atom. The van der Waals surface area contributed by atoms with Crippen molar-refractivity contribution in [3.05, 3.63) is 23.3 Å². The van der Waals surface area contributed by atoms with E-state index in [-0.39, 0.29) is 6.04 Å². The summed E-state index contributed by atoms with van der Waals surface area (Å²) < 4.78 is 0. The van der Waals surface area contributed by atoms with Gasteiger partial charge in [0.15, 0.2) is 5.82 Å². The summed E-state index contributed by atoms with van der Waals surface area (Å²) >= 11 is 1.63. The first-order valence-corrected chi connectivity index (χ1v) is 6.26. The summed E-state index contributed by atoms with van der Waals surface area (Å²) in [6.45, 7) is 4.30. The first kappa shape index (κ1) is 11.3. The van der Waals surface area contributed by atoms with Crippen LogP contribution in [0.2, 0.25) is 0 Å². The molecule has 2 aromatic heterocycles. The summed E-state index contributed by atoms with van der Waals surface area (Å²) in [7, 11) is 0. The SMILES string of the molecule is CC(C)C[C@H](N)c1nc(-c2cccs2)n[nH]1. The van der Waals surface area contributed by atoms with Crippen LogP contribution in [0.4, 0.5) is 0 Å². The first-order chi connectivity index (χ1) is 7.66. The van der Waals surface area contributed by atoms with Crippen LogP contribution in [-0.2, 0) is 0 Å². The van der Waals surface area contributed by atoms with E-state index in [0.29, 0.717) is 5.92 Å². The normalized spacial score (nSPS) is 13.2. The van der Waals surface area contributed by atoms with Crippen molar-refractivity contribution >= 4 is 11.3 Å². The number of nitrogens with zero attached hydrogens (tertiary/aromatic N) is 2. The van der Waals surface area contributed by atoms with Gasteiger partial charge in [-0.25, -0.2) is 4.98 Å². The molecule has 2 aromatic rings. The third kappa shape index (κ3) is 2.48. The van der Waals surface area contributed by atoms with Crippen LogP contribution in [0.25, 0.3) is 10.7 Å². The largest absolute Gasteiger partial charge is 0.321 e. The molecule has 0 radical (unpaired) electrons. The molecule has 0 unspecified atom stereocenters. The van der Waals surface area contributed by atoms with Crippen LogP contribution in [0.15, 0.2) is 17.5 Å². The molecule has 2 rings (SSSR count). The molecule has 0 aliphatic carbocycles. The van der Waals surface area contributed by atoms with Crippen molar-refractivity contribution in [2.45, 2.75) is 26.3 Å². The minimum Gasteiger partial charge on any atom is -0.321 e. The van der Waals surface area contributed by atoms with Crippen LogP contribution in [0.1, 0.15) is 32.1 Å². The lowest BCUT2D eigenvalue weighted by atomic mass is 10.0. The molecule has 0 bridgehead atoms. The maximum atomic E-state index is 6.03. The number of aromatic nitrogens is 3. The second-order valence-electron chi connectivity index (χ2n) is 4.26. The van der Waals surface area contributed by atoms with Crippen LogP contribution in [0, 0.1) is 5.92 Å². The van der Waals surface area contributed by atoms with Crippen molar-refractivity contribution in [2.24, 2.45) is 11.7 Å². The van der Waals surface area contributed by atoms with Crippen molar-refractivity contribution < 1.29 is 0 Å². The van der Waals surface area contributed by atoms with Crippen molar-refractivity contribution in [1.29, 1.82) is 0 Å². The molecule has 0 amide bonds. The number of aromatic amines is 1. The number of thiophene rings is 1. The molecular formula is C11H16N4S. The van der Waals surface area contributed by atoms with Gasteiger partial charge in [0.05, 0.1) is 10.9 Å². The monoisotopic (exact) mass is 236 g/mol. The van der Waals surface area contributed by atoms with E-state index in [4.69, 9.17) is 5.73 Å². The van der Waals surface area contributed by atoms with Gasteiger partial charge in [-0.15, -0.1) is 11.3 Å². The predicted octanol–water partition coefficient (Wildman–Crippen LogP) is 2.58. The molecule has 0 fully saturated rings. The second-order valence-corrected chi connectivity index (χ2v) is 5.21. The molecule has 0 aliphatic heterocycles. The lowest BCUT2D eigenvalue weighted by molar-refractivity contribution is 0.494. The van der Waals surface area contributed by atoms with Gasteiger partial charge < -0.3 is 5.73 Å². The lowest BCUT2D eigenvalue weighted by Gasteiger charge is -2.09. The second kappa shape index (κ2) is 4.76. The molecule has 0 saturated carbocycles. The highest BCUT2D eigenvalue weighted by Crippen LogP contribution is 2.22. The number of hydrogen-bond donors (Lipinski definition) is 2. The topological polar surface area (TPSA) is 67.6 Å². The summed E-state index contributed by atoms with van der Waals surface area (Å²) in [6.07, 6.45) is 0.916. The Kier molecular flexibility index (Phi) is 3.36. The molecule has 0 saturated heterocycles. The van der Waals surface area contributed by atoms with Gasteiger partial charge in [-0.3, -0.25) is 5.10 Å². The van der Waals surface area contributed by atoms with Crippen LogP contribution in [0.5, 0.6) is 0 Å². The quantitative estimate of drug-likeness (QED) is 0.857. The highest BCUT2D eigenvalue weighted by Gasteiger charge is 2.14. The van der Waals surface area contributed by atoms with Gasteiger partial charge in [-0.1, -0.05) is 19.9 Å². The minimum absolute atomic E-state index is 0.0544. The van der Waals surface area contributed by atoms with Gasteiger partial charge >= 0.3 is 0 Å². The van der Waals surface area contributed by atoms with E-state index in [0.717, 1.165) is 22.9 Å². The fourth-order valence-electron chi connectivity index (χ4n) is 1.58. The van der Waals surface area contributed by atoms with Crippen LogP contribution in [-0.4, -0.2) is 15.2 Å². The Morgan fingerprint density at radius 2 is 2.31 bits per heavy atom. The standard InChI is InChI=1S/C11H16N4S/c1-7(2)6-8(12)10-13-11(15-14-10)9-4-3-5-16-9/h3-5,7-8H,6,12H2,1-2H3,(H,13,14,15)/t8-/m0/s1. The van der Waals surface area contributed by atoms with Gasteiger partial charge in [-0.2, -0.15) is 5.10 Å². The number of rotatable bonds is 4. The highest BCUT2D eigenvalue weighted by molar-refractivity contribution is 7.13. The average Bonchev–Trinajstić information content (AvgIpc) is 2.87. The highest BCUT2D eigenvalue weighted by atomic mass is 32.1. The maximum Gasteiger partial charge on any atom is 0.191 e. The van der Waals surface area contributed by atoms with E-state index in [1.54, 1.807) is 11.3 Å². The summed E-state index contributed by atoms with van der Waals surface area (Å²) in [5.74, 6) is 2.08. The Balaban J connectivity index is 2.13. The zero-order valence-corrected chi connectivity index (χ0v) is 10.3. The van der Waals surface area contributed by atoms with Crippen LogP contribution < -0.4 is 5.73 Å². The van der Waals surface area contributed by atoms with Gasteiger partial charge in [0.2, 0.25) is 0 Å². The third-order valence-electron chi connectivity index (χ3n) is 2.32. The van der Waals surface area contributed by atoms with E-state index in [9.17, 15) is 0 Å². The van der Waals surface area contributed by atoms with Crippen molar-refractivity contribution in [3.8, 4) is 10.7 Å². The molecule has 2 heterocycles. The third-order valence-corrected chi connectivity index (χ3v) is 3.19. The van der Waals surface area contributed by atoms with Crippen molar-refractivity contribution in [2.75, 3.05) is 0 Å². The number of H-pyrrole nitrogens is 1. The molecular weight excluding hydrogens is 220 g/mol. The Labute approximate surface area is 98.9 Å². The molecule has 16 heavy (non-hydrogen) atoms. The molecule has 0 aliphatic rings. The maximum absolute atomic E-state index is 6.03. The lowest BCUT2D eigenvalue weighted by Crippen LogP contribution is -2.14. The van der Waals surface area contributed by atoms with Crippen LogP contribution in [0.3, 0.4) is 0 Å². The van der Waals surface area contributed by atoms with E-state index in [1.165, 1.54) is 0 Å². The summed E-state index contributed by atoms with van der Waals surface area (Å²) in [5, 5.41) is 9.11. The fraction of sp³-hybridized carbons (Fsp3) is 0.455. The number of hydrogen-bond acceptors (Lipinski definition) is 4. The van der Waals surface area contributed by atoms with E-state index in [2.05, 4.69) is 29.0 Å². The van der Waals surface area contributed by atoms with Crippen LogP contribution >= 0.6 is 11.3 Å². The predicted molar refractivity (Wildman–Crippen MR) is 66.1 cm³/mol. The van der Waals surface area contributed by atoms with E-state index in [1.807, 2.05) is 17.5 Å². The molecule has 1 atom stereocenters. The molecule has 0 aromatic carbocycles. The van der Waals surface area contributed by atoms with E-state index >= 15 is 0 Å². The fourth-order valence-corrected chi connectivity index (χ4v) is 2.23. The average molecular weight is 236 g/mol. The Bertz CT molecular complexity index is 433. The smallest absolute Gasteiger partial charge is 0.191 e. The van der Waals surface area contributed by atoms with Crippen molar-refractivity contribution in [3.63, 3.8) is 0 Å². The molecule has 5 heteroatoms. The number of nitrogens with two attached hydrogens (primary N) is 1. The zero-order valence-electron chi connectivity index (χ0n) is 9.47. The number of nitrogens with one attached hydrogen (secondary N) is 1. The van der Waals surface area contributed by atoms with E-state index < -0.39 is 0 Å².